The first-order chi connectivity index (χ1) is 6.06. The average molecular weight is 183 g/mol. The second-order valence-corrected chi connectivity index (χ2v) is 3.70. The topological polar surface area (TPSA) is 35.2 Å². The third kappa shape index (κ3) is 2.50. The van der Waals surface area contributed by atoms with Crippen LogP contribution in [0.5, 0.6) is 0 Å². The fraction of sp³-hybridized carbons (Fsp3) is 0.400. The lowest BCUT2D eigenvalue weighted by Gasteiger charge is -2.23. The van der Waals surface area contributed by atoms with Crippen LogP contribution in [0.15, 0.2) is 24.3 Å². The standard InChI is InChI=1S/C10H14FNO/c1-10(2,7-13-12)8-3-5-9(11)6-4-8/h3-6H,7,12H2,1-2H3. The third-order valence-corrected chi connectivity index (χ3v) is 2.07. The van der Waals surface area contributed by atoms with E-state index in [0.717, 1.165) is 5.56 Å². The zero-order chi connectivity index (χ0) is 9.90. The van der Waals surface area contributed by atoms with Crippen LogP contribution in [-0.4, -0.2) is 6.61 Å². The van der Waals surface area contributed by atoms with Gasteiger partial charge in [0.15, 0.2) is 0 Å². The van der Waals surface area contributed by atoms with Crippen LogP contribution in [0.25, 0.3) is 0 Å². The lowest BCUT2D eigenvalue weighted by atomic mass is 9.86. The Labute approximate surface area is 77.5 Å². The third-order valence-electron chi connectivity index (χ3n) is 2.07. The summed E-state index contributed by atoms with van der Waals surface area (Å²) in [5.74, 6) is 4.78. The number of nitrogens with two attached hydrogens (primary N) is 1. The minimum atomic E-state index is -0.229. The summed E-state index contributed by atoms with van der Waals surface area (Å²) in [5.41, 5.74) is 0.835. The van der Waals surface area contributed by atoms with Crippen LogP contribution in [-0.2, 0) is 10.3 Å². The minimum Gasteiger partial charge on any atom is -0.304 e. The number of hydrogen-bond donors (Lipinski definition) is 1. The molecule has 0 bridgehead atoms. The van der Waals surface area contributed by atoms with Crippen LogP contribution in [0.1, 0.15) is 19.4 Å². The largest absolute Gasteiger partial charge is 0.304 e. The van der Waals surface area contributed by atoms with Crippen molar-refractivity contribution in [3.05, 3.63) is 35.6 Å². The number of hydrogen-bond acceptors (Lipinski definition) is 2. The molecule has 0 radical (unpaired) electrons. The van der Waals surface area contributed by atoms with Crippen molar-refractivity contribution in [2.24, 2.45) is 5.90 Å². The Balaban J connectivity index is 2.87. The SMILES string of the molecule is CC(C)(CON)c1ccc(F)cc1. The van der Waals surface area contributed by atoms with Crippen LogP contribution in [0, 0.1) is 5.82 Å². The van der Waals surface area contributed by atoms with Gasteiger partial charge in [0, 0.05) is 5.41 Å². The van der Waals surface area contributed by atoms with Crippen molar-refractivity contribution in [1.29, 1.82) is 0 Å². The molecule has 2 nitrogen and oxygen atoms in total. The Kier molecular flexibility index (Phi) is 3.01. The van der Waals surface area contributed by atoms with E-state index in [2.05, 4.69) is 4.84 Å². The zero-order valence-electron chi connectivity index (χ0n) is 7.88. The molecule has 0 saturated heterocycles. The highest BCUT2D eigenvalue weighted by atomic mass is 19.1. The monoisotopic (exact) mass is 183 g/mol. The van der Waals surface area contributed by atoms with Gasteiger partial charge in [0.1, 0.15) is 5.82 Å². The molecule has 1 rings (SSSR count). The predicted octanol–water partition coefficient (Wildman–Crippen LogP) is 1.99. The van der Waals surface area contributed by atoms with Crippen molar-refractivity contribution in [2.45, 2.75) is 19.3 Å². The number of halogens is 1. The van der Waals surface area contributed by atoms with Crippen molar-refractivity contribution in [3.63, 3.8) is 0 Å². The molecule has 0 spiro atoms. The van der Waals surface area contributed by atoms with Crippen molar-refractivity contribution in [2.75, 3.05) is 6.61 Å². The molecule has 0 aliphatic heterocycles. The molecule has 0 heterocycles. The van der Waals surface area contributed by atoms with Gasteiger partial charge < -0.3 is 4.84 Å². The quantitative estimate of drug-likeness (QED) is 0.727. The first-order valence-corrected chi connectivity index (χ1v) is 4.14. The molecule has 0 aliphatic rings. The van der Waals surface area contributed by atoms with Gasteiger partial charge in [0.05, 0.1) is 6.61 Å². The van der Waals surface area contributed by atoms with E-state index in [9.17, 15) is 4.39 Å². The maximum Gasteiger partial charge on any atom is 0.123 e. The fourth-order valence-electron chi connectivity index (χ4n) is 1.19. The fourth-order valence-corrected chi connectivity index (χ4v) is 1.19. The van der Waals surface area contributed by atoms with Gasteiger partial charge in [-0.3, -0.25) is 0 Å². The molecule has 0 aromatic heterocycles. The van der Waals surface area contributed by atoms with E-state index in [4.69, 9.17) is 5.90 Å². The highest BCUT2D eigenvalue weighted by molar-refractivity contribution is 5.24. The molecule has 0 amide bonds. The summed E-state index contributed by atoms with van der Waals surface area (Å²) in [5, 5.41) is 0. The van der Waals surface area contributed by atoms with Crippen molar-refractivity contribution >= 4 is 0 Å². The Morgan fingerprint density at radius 1 is 1.31 bits per heavy atom. The minimum absolute atomic E-state index is 0.178. The Bertz CT molecular complexity index is 269. The lowest BCUT2D eigenvalue weighted by Crippen LogP contribution is -2.26. The summed E-state index contributed by atoms with van der Waals surface area (Å²) < 4.78 is 12.6. The molecule has 1 aromatic rings. The van der Waals surface area contributed by atoms with E-state index in [1.165, 1.54) is 12.1 Å². The van der Waals surface area contributed by atoms with Gasteiger partial charge >= 0.3 is 0 Å². The van der Waals surface area contributed by atoms with Gasteiger partial charge in [0.25, 0.3) is 0 Å². The molecular formula is C10H14FNO. The van der Waals surface area contributed by atoms with E-state index < -0.39 is 0 Å². The molecule has 0 saturated carbocycles. The highest BCUT2D eigenvalue weighted by Crippen LogP contribution is 2.22. The molecule has 0 aliphatic carbocycles. The van der Waals surface area contributed by atoms with Gasteiger partial charge in [-0.1, -0.05) is 26.0 Å². The molecule has 2 N–H and O–H groups in total. The first-order valence-electron chi connectivity index (χ1n) is 4.14. The van der Waals surface area contributed by atoms with Gasteiger partial charge in [0.2, 0.25) is 0 Å². The lowest BCUT2D eigenvalue weighted by molar-refractivity contribution is 0.0964. The van der Waals surface area contributed by atoms with Gasteiger partial charge in [-0.2, -0.15) is 0 Å². The van der Waals surface area contributed by atoms with Crippen LogP contribution in [0.2, 0.25) is 0 Å². The first kappa shape index (κ1) is 10.2. The second-order valence-electron chi connectivity index (χ2n) is 3.70. The maximum atomic E-state index is 12.6. The summed E-state index contributed by atoms with van der Waals surface area (Å²) in [6.45, 7) is 4.40. The van der Waals surface area contributed by atoms with Crippen LogP contribution >= 0.6 is 0 Å². The molecule has 13 heavy (non-hydrogen) atoms. The highest BCUT2D eigenvalue weighted by Gasteiger charge is 2.20. The van der Waals surface area contributed by atoms with E-state index in [0.29, 0.717) is 6.61 Å². The Morgan fingerprint density at radius 2 is 1.85 bits per heavy atom. The van der Waals surface area contributed by atoms with E-state index in [1.54, 1.807) is 12.1 Å². The van der Waals surface area contributed by atoms with E-state index in [-0.39, 0.29) is 11.2 Å². The summed E-state index contributed by atoms with van der Waals surface area (Å²) >= 11 is 0. The van der Waals surface area contributed by atoms with E-state index in [1.807, 2.05) is 13.8 Å². The molecule has 72 valence electrons. The van der Waals surface area contributed by atoms with Crippen molar-refractivity contribution < 1.29 is 9.23 Å². The molecule has 1 aromatic carbocycles. The van der Waals surface area contributed by atoms with Crippen molar-refractivity contribution in [3.8, 4) is 0 Å². The van der Waals surface area contributed by atoms with Crippen LogP contribution < -0.4 is 5.90 Å². The van der Waals surface area contributed by atoms with Gasteiger partial charge in [-0.15, -0.1) is 0 Å². The predicted molar refractivity (Wildman–Crippen MR) is 49.6 cm³/mol. The molecular weight excluding hydrogens is 169 g/mol. The maximum absolute atomic E-state index is 12.6. The number of benzene rings is 1. The molecule has 0 atom stereocenters. The van der Waals surface area contributed by atoms with Gasteiger partial charge in [-0.05, 0) is 17.7 Å². The molecule has 3 heteroatoms. The zero-order valence-corrected chi connectivity index (χ0v) is 7.88. The Hall–Kier alpha value is -0.930. The molecule has 0 unspecified atom stereocenters. The number of rotatable bonds is 3. The second kappa shape index (κ2) is 3.85. The summed E-state index contributed by atoms with van der Waals surface area (Å²) in [4.78, 5) is 4.60. The summed E-state index contributed by atoms with van der Waals surface area (Å²) in [7, 11) is 0. The van der Waals surface area contributed by atoms with Crippen LogP contribution in [0.3, 0.4) is 0 Å². The summed E-state index contributed by atoms with van der Waals surface area (Å²) in [6, 6.07) is 6.36. The van der Waals surface area contributed by atoms with E-state index >= 15 is 0 Å². The Morgan fingerprint density at radius 3 is 2.31 bits per heavy atom. The van der Waals surface area contributed by atoms with Crippen molar-refractivity contribution in [1.82, 2.24) is 0 Å². The smallest absolute Gasteiger partial charge is 0.123 e. The molecule has 0 fully saturated rings. The van der Waals surface area contributed by atoms with Crippen LogP contribution in [0.4, 0.5) is 4.39 Å². The average Bonchev–Trinajstić information content (AvgIpc) is 2.05. The summed E-state index contributed by atoms with van der Waals surface area (Å²) in [6.07, 6.45) is 0. The normalized spacial score (nSPS) is 11.7. The van der Waals surface area contributed by atoms with Gasteiger partial charge in [-0.25, -0.2) is 10.3 Å².